The Morgan fingerprint density at radius 3 is 2.56 bits per heavy atom. The van der Waals surface area contributed by atoms with Gasteiger partial charge in [0.25, 0.3) is 0 Å². The van der Waals surface area contributed by atoms with Crippen LogP contribution in [0.4, 0.5) is 5.13 Å². The number of anilines is 1. The first-order valence-electron chi connectivity index (χ1n) is 7.33. The zero-order valence-electron chi connectivity index (χ0n) is 13.2. The molecular formula is C18H13ClN2O3S. The maximum atomic E-state index is 12.2. The molecule has 0 spiro atoms. The summed E-state index contributed by atoms with van der Waals surface area (Å²) in [7, 11) is 0. The van der Waals surface area contributed by atoms with Crippen molar-refractivity contribution in [3.63, 3.8) is 0 Å². The Kier molecular flexibility index (Phi) is 5.11. The fraction of sp³-hybridized carbons (Fsp3) is 0.0556. The van der Waals surface area contributed by atoms with Crippen molar-refractivity contribution in [2.24, 2.45) is 0 Å². The van der Waals surface area contributed by atoms with Gasteiger partial charge in [0.05, 0.1) is 5.02 Å². The van der Waals surface area contributed by atoms with Gasteiger partial charge in [-0.2, -0.15) is 0 Å². The molecule has 1 aromatic heterocycles. The summed E-state index contributed by atoms with van der Waals surface area (Å²) in [5.41, 5.74) is 2.05. The average molecular weight is 373 g/mol. The number of rotatable bonds is 4. The summed E-state index contributed by atoms with van der Waals surface area (Å²) in [6.07, 6.45) is 0. The number of carbonyl (C=O) groups excluding carboxylic acids is 2. The summed E-state index contributed by atoms with van der Waals surface area (Å²) in [5.74, 6) is -0.642. The van der Waals surface area contributed by atoms with Gasteiger partial charge < -0.3 is 10.1 Å². The third-order valence-corrected chi connectivity index (χ3v) is 4.29. The number of esters is 1. The Balaban J connectivity index is 1.75. The molecule has 0 bridgehead atoms. The van der Waals surface area contributed by atoms with Crippen LogP contribution in [0.3, 0.4) is 0 Å². The number of nitrogens with one attached hydrogen (secondary N) is 1. The van der Waals surface area contributed by atoms with Gasteiger partial charge in [-0.05, 0) is 23.3 Å². The number of amides is 1. The summed E-state index contributed by atoms with van der Waals surface area (Å²) in [6.45, 7) is 1.37. The van der Waals surface area contributed by atoms with E-state index in [1.807, 2.05) is 36.4 Å². The highest BCUT2D eigenvalue weighted by molar-refractivity contribution is 7.14. The molecule has 0 atom stereocenters. The Bertz CT molecular complexity index is 925. The zero-order valence-corrected chi connectivity index (χ0v) is 14.7. The molecule has 5 nitrogen and oxygen atoms in total. The maximum Gasteiger partial charge on any atom is 0.363 e. The second-order valence-corrected chi connectivity index (χ2v) is 6.39. The number of carbonyl (C=O) groups is 2. The number of hydrogen-bond acceptors (Lipinski definition) is 5. The van der Waals surface area contributed by atoms with Gasteiger partial charge in [0.1, 0.15) is 5.75 Å². The van der Waals surface area contributed by atoms with Crippen LogP contribution >= 0.6 is 22.9 Å². The van der Waals surface area contributed by atoms with Gasteiger partial charge >= 0.3 is 5.97 Å². The smallest absolute Gasteiger partial charge is 0.363 e. The minimum absolute atomic E-state index is 0.108. The molecule has 0 aliphatic heterocycles. The lowest BCUT2D eigenvalue weighted by Gasteiger charge is -2.07. The number of benzene rings is 2. The molecule has 25 heavy (non-hydrogen) atoms. The third kappa shape index (κ3) is 4.23. The number of halogens is 1. The first kappa shape index (κ1) is 17.1. The van der Waals surface area contributed by atoms with Crippen LogP contribution < -0.4 is 10.1 Å². The minimum Gasteiger partial charge on any atom is -0.420 e. The number of thiazole rings is 1. The highest BCUT2D eigenvalue weighted by atomic mass is 35.5. The van der Waals surface area contributed by atoms with Gasteiger partial charge in [-0.1, -0.05) is 48.0 Å². The predicted octanol–water partition coefficient (Wildman–Crippen LogP) is 4.64. The van der Waals surface area contributed by atoms with E-state index in [0.717, 1.165) is 22.5 Å². The highest BCUT2D eigenvalue weighted by Crippen LogP contribution is 2.31. The van der Waals surface area contributed by atoms with Gasteiger partial charge in [0, 0.05) is 12.3 Å². The molecule has 2 aromatic carbocycles. The summed E-state index contributed by atoms with van der Waals surface area (Å²) in [4.78, 5) is 27.2. The number of hydrogen-bond donors (Lipinski definition) is 1. The molecular weight excluding hydrogens is 360 g/mol. The van der Waals surface area contributed by atoms with Crippen LogP contribution in [0.1, 0.15) is 17.4 Å². The van der Waals surface area contributed by atoms with Crippen molar-refractivity contribution >= 4 is 39.9 Å². The molecule has 0 aliphatic rings. The van der Waals surface area contributed by atoms with Crippen LogP contribution in [0, 0.1) is 0 Å². The number of ether oxygens (including phenoxy) is 1. The second-order valence-electron chi connectivity index (χ2n) is 5.12. The van der Waals surface area contributed by atoms with E-state index < -0.39 is 5.97 Å². The molecule has 1 N–H and O–H groups in total. The Hall–Kier alpha value is -2.70. The Morgan fingerprint density at radius 2 is 1.88 bits per heavy atom. The van der Waals surface area contributed by atoms with Crippen LogP contribution in [-0.4, -0.2) is 16.9 Å². The SMILES string of the molecule is CC(=O)Nc1nc(C(=O)Oc2ccc(-c3ccccc3)cc2Cl)cs1. The number of aromatic nitrogens is 1. The van der Waals surface area contributed by atoms with Crippen molar-refractivity contribution in [2.45, 2.75) is 6.92 Å². The van der Waals surface area contributed by atoms with Gasteiger partial charge in [-0.15, -0.1) is 11.3 Å². The van der Waals surface area contributed by atoms with E-state index >= 15 is 0 Å². The summed E-state index contributed by atoms with van der Waals surface area (Å²) in [6, 6.07) is 15.0. The van der Waals surface area contributed by atoms with Crippen molar-refractivity contribution in [1.29, 1.82) is 0 Å². The van der Waals surface area contributed by atoms with Gasteiger partial charge in [0.2, 0.25) is 5.91 Å². The lowest BCUT2D eigenvalue weighted by atomic mass is 10.1. The molecule has 3 rings (SSSR count). The third-order valence-electron chi connectivity index (χ3n) is 3.24. The molecule has 126 valence electrons. The lowest BCUT2D eigenvalue weighted by Crippen LogP contribution is -2.10. The van der Waals surface area contributed by atoms with E-state index in [-0.39, 0.29) is 17.4 Å². The standard InChI is InChI=1S/C18H13ClN2O3S/c1-11(22)20-18-21-15(10-25-18)17(23)24-16-8-7-13(9-14(16)19)12-5-3-2-4-6-12/h2-10H,1H3,(H,20,21,22). The lowest BCUT2D eigenvalue weighted by molar-refractivity contribution is -0.114. The van der Waals surface area contributed by atoms with Crippen LogP contribution in [0.2, 0.25) is 5.02 Å². The van der Waals surface area contributed by atoms with E-state index in [2.05, 4.69) is 10.3 Å². The van der Waals surface area contributed by atoms with Gasteiger partial charge in [-0.25, -0.2) is 9.78 Å². The fourth-order valence-corrected chi connectivity index (χ4v) is 3.07. The minimum atomic E-state index is -0.637. The molecule has 0 aliphatic carbocycles. The molecule has 0 unspecified atom stereocenters. The molecule has 0 saturated carbocycles. The van der Waals surface area contributed by atoms with Gasteiger partial charge in [0.15, 0.2) is 10.8 Å². The quantitative estimate of drug-likeness (QED) is 0.535. The monoisotopic (exact) mass is 372 g/mol. The van der Waals surface area contributed by atoms with Crippen LogP contribution in [-0.2, 0) is 4.79 Å². The average Bonchev–Trinajstić information content (AvgIpc) is 3.05. The Labute approximate surface area is 153 Å². The van der Waals surface area contributed by atoms with E-state index in [0.29, 0.717) is 10.2 Å². The first-order valence-corrected chi connectivity index (χ1v) is 8.59. The van der Waals surface area contributed by atoms with Crippen molar-refractivity contribution in [2.75, 3.05) is 5.32 Å². The van der Waals surface area contributed by atoms with Crippen molar-refractivity contribution < 1.29 is 14.3 Å². The summed E-state index contributed by atoms with van der Waals surface area (Å²) >= 11 is 7.38. The first-order chi connectivity index (χ1) is 12.0. The molecule has 0 saturated heterocycles. The fourth-order valence-electron chi connectivity index (χ4n) is 2.12. The molecule has 1 amide bonds. The molecule has 7 heteroatoms. The van der Waals surface area contributed by atoms with E-state index in [1.165, 1.54) is 12.3 Å². The normalized spacial score (nSPS) is 10.3. The molecule has 3 aromatic rings. The molecule has 1 heterocycles. The van der Waals surface area contributed by atoms with Crippen LogP contribution in [0.15, 0.2) is 53.9 Å². The van der Waals surface area contributed by atoms with E-state index in [1.54, 1.807) is 12.1 Å². The zero-order chi connectivity index (χ0) is 17.8. The second kappa shape index (κ2) is 7.46. The number of nitrogens with zero attached hydrogens (tertiary/aromatic N) is 1. The topological polar surface area (TPSA) is 68.3 Å². The summed E-state index contributed by atoms with van der Waals surface area (Å²) in [5, 5.41) is 4.69. The maximum absolute atomic E-state index is 12.2. The summed E-state index contributed by atoms with van der Waals surface area (Å²) < 4.78 is 5.30. The predicted molar refractivity (Wildman–Crippen MR) is 98.3 cm³/mol. The van der Waals surface area contributed by atoms with E-state index in [9.17, 15) is 9.59 Å². The molecule has 0 radical (unpaired) electrons. The largest absolute Gasteiger partial charge is 0.420 e. The van der Waals surface area contributed by atoms with Crippen molar-refractivity contribution in [3.05, 3.63) is 64.6 Å². The Morgan fingerprint density at radius 1 is 1.12 bits per heavy atom. The van der Waals surface area contributed by atoms with Crippen molar-refractivity contribution in [1.82, 2.24) is 4.98 Å². The molecule has 0 fully saturated rings. The van der Waals surface area contributed by atoms with E-state index in [4.69, 9.17) is 16.3 Å². The van der Waals surface area contributed by atoms with Gasteiger partial charge in [-0.3, -0.25) is 4.79 Å². The van der Waals surface area contributed by atoms with Crippen LogP contribution in [0.5, 0.6) is 5.75 Å². The highest BCUT2D eigenvalue weighted by Gasteiger charge is 2.16. The van der Waals surface area contributed by atoms with Crippen LogP contribution in [0.25, 0.3) is 11.1 Å². The van der Waals surface area contributed by atoms with Crippen molar-refractivity contribution in [3.8, 4) is 16.9 Å².